The van der Waals surface area contributed by atoms with Gasteiger partial charge in [-0.2, -0.15) is 0 Å². The van der Waals surface area contributed by atoms with Gasteiger partial charge in [-0.1, -0.05) is 42.5 Å². The summed E-state index contributed by atoms with van der Waals surface area (Å²) < 4.78 is 5.41. The molecule has 0 aliphatic carbocycles. The summed E-state index contributed by atoms with van der Waals surface area (Å²) >= 11 is 0. The lowest BCUT2D eigenvalue weighted by atomic mass is 9.79. The zero-order chi connectivity index (χ0) is 17.5. The Morgan fingerprint density at radius 2 is 1.65 bits per heavy atom. The summed E-state index contributed by atoms with van der Waals surface area (Å²) in [5.74, 6) is -0.0198. The van der Waals surface area contributed by atoms with Crippen LogP contribution in [0.3, 0.4) is 0 Å². The number of halogens is 1. The highest BCUT2D eigenvalue weighted by Crippen LogP contribution is 2.28. The van der Waals surface area contributed by atoms with Crippen LogP contribution in [0.1, 0.15) is 23.2 Å². The van der Waals surface area contributed by atoms with Crippen LogP contribution in [0.25, 0.3) is 11.1 Å². The molecule has 1 fully saturated rings. The Kier molecular flexibility index (Phi) is 7.64. The van der Waals surface area contributed by atoms with Crippen LogP contribution < -0.4 is 10.6 Å². The Bertz CT molecular complexity index is 677. The van der Waals surface area contributed by atoms with E-state index >= 15 is 0 Å². The standard InChI is InChI=1S/C21H26N2O2.ClH/c1-25-16-21(11-13-22-14-12-21)15-23-20(24)19-9-7-18(8-10-19)17-5-3-2-4-6-17;/h2-10,22H,11-16H2,1H3,(H,23,24);1H. The van der Waals surface area contributed by atoms with E-state index in [0.717, 1.165) is 37.1 Å². The van der Waals surface area contributed by atoms with E-state index in [1.54, 1.807) is 7.11 Å². The molecule has 0 radical (unpaired) electrons. The van der Waals surface area contributed by atoms with Crippen LogP contribution in [0.15, 0.2) is 54.6 Å². The molecule has 0 atom stereocenters. The molecule has 1 aliphatic heterocycles. The molecule has 0 bridgehead atoms. The molecule has 140 valence electrons. The molecule has 1 aliphatic rings. The van der Waals surface area contributed by atoms with E-state index in [9.17, 15) is 4.79 Å². The molecule has 2 N–H and O–H groups in total. The van der Waals surface area contributed by atoms with E-state index in [1.165, 1.54) is 0 Å². The van der Waals surface area contributed by atoms with Crippen molar-refractivity contribution in [2.45, 2.75) is 12.8 Å². The fourth-order valence-electron chi connectivity index (χ4n) is 3.45. The maximum atomic E-state index is 12.5. The molecule has 0 aromatic heterocycles. The maximum Gasteiger partial charge on any atom is 0.251 e. The van der Waals surface area contributed by atoms with Crippen molar-refractivity contribution in [3.63, 3.8) is 0 Å². The second kappa shape index (κ2) is 9.72. The highest BCUT2D eigenvalue weighted by Gasteiger charge is 2.32. The molecule has 2 aromatic carbocycles. The first-order valence-electron chi connectivity index (χ1n) is 8.86. The zero-order valence-corrected chi connectivity index (χ0v) is 16.0. The van der Waals surface area contributed by atoms with E-state index in [4.69, 9.17) is 4.74 Å². The third kappa shape index (κ3) is 5.07. The lowest BCUT2D eigenvalue weighted by Crippen LogP contribution is -2.47. The number of benzene rings is 2. The number of piperidine rings is 1. The second-order valence-corrected chi connectivity index (χ2v) is 6.81. The lowest BCUT2D eigenvalue weighted by molar-refractivity contribution is 0.0512. The summed E-state index contributed by atoms with van der Waals surface area (Å²) in [5.41, 5.74) is 3.01. The van der Waals surface area contributed by atoms with Gasteiger partial charge in [0.25, 0.3) is 5.91 Å². The van der Waals surface area contributed by atoms with Crippen molar-refractivity contribution in [1.29, 1.82) is 0 Å². The summed E-state index contributed by atoms with van der Waals surface area (Å²) in [6.07, 6.45) is 2.04. The summed E-state index contributed by atoms with van der Waals surface area (Å²) in [7, 11) is 1.73. The predicted molar refractivity (Wildman–Crippen MR) is 108 cm³/mol. The molecule has 5 heteroatoms. The molecule has 1 saturated heterocycles. The second-order valence-electron chi connectivity index (χ2n) is 6.81. The SMILES string of the molecule is COCC1(CNC(=O)c2ccc(-c3ccccc3)cc2)CCNCC1.Cl. The van der Waals surface area contributed by atoms with Crippen molar-refractivity contribution < 1.29 is 9.53 Å². The molecule has 1 heterocycles. The number of hydrogen-bond acceptors (Lipinski definition) is 3. The van der Waals surface area contributed by atoms with Gasteiger partial charge in [-0.3, -0.25) is 4.79 Å². The Morgan fingerprint density at radius 1 is 1.04 bits per heavy atom. The minimum atomic E-state index is -0.0198. The Labute approximate surface area is 161 Å². The van der Waals surface area contributed by atoms with Crippen LogP contribution in [-0.2, 0) is 4.74 Å². The number of methoxy groups -OCH3 is 1. The minimum absolute atomic E-state index is 0. The first-order valence-corrected chi connectivity index (χ1v) is 8.86. The summed E-state index contributed by atoms with van der Waals surface area (Å²) in [4.78, 5) is 12.5. The van der Waals surface area contributed by atoms with Crippen LogP contribution in [0, 0.1) is 5.41 Å². The first-order chi connectivity index (χ1) is 12.2. The van der Waals surface area contributed by atoms with Crippen molar-refractivity contribution in [2.24, 2.45) is 5.41 Å². The smallest absolute Gasteiger partial charge is 0.251 e. The van der Waals surface area contributed by atoms with Crippen molar-refractivity contribution in [1.82, 2.24) is 10.6 Å². The molecular weight excluding hydrogens is 348 g/mol. The number of carbonyl (C=O) groups excluding carboxylic acids is 1. The largest absolute Gasteiger partial charge is 0.384 e. The van der Waals surface area contributed by atoms with E-state index in [0.29, 0.717) is 18.7 Å². The minimum Gasteiger partial charge on any atom is -0.384 e. The highest BCUT2D eigenvalue weighted by molar-refractivity contribution is 5.94. The quantitative estimate of drug-likeness (QED) is 0.813. The topological polar surface area (TPSA) is 50.4 Å². The van der Waals surface area contributed by atoms with Gasteiger partial charge in [0.1, 0.15) is 0 Å². The van der Waals surface area contributed by atoms with Crippen LogP contribution in [0.2, 0.25) is 0 Å². The van der Waals surface area contributed by atoms with Gasteiger partial charge in [0.15, 0.2) is 0 Å². The molecule has 4 nitrogen and oxygen atoms in total. The van der Waals surface area contributed by atoms with Gasteiger partial charge in [0.2, 0.25) is 0 Å². The lowest BCUT2D eigenvalue weighted by Gasteiger charge is -2.37. The highest BCUT2D eigenvalue weighted by atomic mass is 35.5. The molecule has 0 spiro atoms. The summed E-state index contributed by atoms with van der Waals surface area (Å²) in [6.45, 7) is 3.29. The fourth-order valence-corrected chi connectivity index (χ4v) is 3.45. The Morgan fingerprint density at radius 3 is 2.27 bits per heavy atom. The first kappa shape index (κ1) is 20.4. The van der Waals surface area contributed by atoms with Gasteiger partial charge < -0.3 is 15.4 Å². The van der Waals surface area contributed by atoms with Gasteiger partial charge >= 0.3 is 0 Å². The molecule has 3 rings (SSSR count). The van der Waals surface area contributed by atoms with Crippen LogP contribution in [-0.4, -0.2) is 39.3 Å². The van der Waals surface area contributed by atoms with E-state index < -0.39 is 0 Å². The molecule has 26 heavy (non-hydrogen) atoms. The fraction of sp³-hybridized carbons (Fsp3) is 0.381. The molecule has 2 aromatic rings. The summed E-state index contributed by atoms with van der Waals surface area (Å²) in [5, 5.41) is 6.48. The average Bonchev–Trinajstić information content (AvgIpc) is 2.68. The number of hydrogen-bond donors (Lipinski definition) is 2. The van der Waals surface area contributed by atoms with Gasteiger partial charge in [-0.05, 0) is 49.2 Å². The number of amides is 1. The molecule has 1 amide bonds. The van der Waals surface area contributed by atoms with Crippen LogP contribution in [0.4, 0.5) is 0 Å². The Hall–Kier alpha value is -1.88. The van der Waals surface area contributed by atoms with E-state index in [1.807, 2.05) is 42.5 Å². The molecule has 0 unspecified atom stereocenters. The number of nitrogens with one attached hydrogen (secondary N) is 2. The van der Waals surface area contributed by atoms with Crippen molar-refractivity contribution in [3.05, 3.63) is 60.2 Å². The van der Waals surface area contributed by atoms with Gasteiger partial charge in [0.05, 0.1) is 6.61 Å². The van der Waals surface area contributed by atoms with Crippen molar-refractivity contribution >= 4 is 18.3 Å². The van der Waals surface area contributed by atoms with Gasteiger partial charge in [-0.25, -0.2) is 0 Å². The third-order valence-electron chi connectivity index (χ3n) is 4.99. The average molecular weight is 375 g/mol. The predicted octanol–water partition coefficient (Wildman–Crippen LogP) is 3.52. The number of ether oxygens (including phenoxy) is 1. The summed E-state index contributed by atoms with van der Waals surface area (Å²) in [6, 6.07) is 18.0. The van der Waals surface area contributed by atoms with Crippen LogP contribution >= 0.6 is 12.4 Å². The number of carbonyl (C=O) groups is 1. The zero-order valence-electron chi connectivity index (χ0n) is 15.2. The number of rotatable bonds is 6. The monoisotopic (exact) mass is 374 g/mol. The molecular formula is C21H27ClN2O2. The third-order valence-corrected chi connectivity index (χ3v) is 4.99. The van der Waals surface area contributed by atoms with Crippen molar-refractivity contribution in [3.8, 4) is 11.1 Å². The molecule has 0 saturated carbocycles. The van der Waals surface area contributed by atoms with Gasteiger partial charge in [-0.15, -0.1) is 12.4 Å². The van der Waals surface area contributed by atoms with E-state index in [-0.39, 0.29) is 23.7 Å². The van der Waals surface area contributed by atoms with Crippen LogP contribution in [0.5, 0.6) is 0 Å². The Balaban J connectivity index is 0.00000243. The van der Waals surface area contributed by atoms with Gasteiger partial charge in [0, 0.05) is 24.6 Å². The van der Waals surface area contributed by atoms with Crippen molar-refractivity contribution in [2.75, 3.05) is 33.4 Å². The normalized spacial score (nSPS) is 15.7. The van der Waals surface area contributed by atoms with E-state index in [2.05, 4.69) is 22.8 Å². The maximum absolute atomic E-state index is 12.5.